The van der Waals surface area contributed by atoms with Gasteiger partial charge >= 0.3 is 0 Å². The third-order valence-corrected chi connectivity index (χ3v) is 7.47. The van der Waals surface area contributed by atoms with Gasteiger partial charge in [0.1, 0.15) is 0 Å². The molecule has 1 aromatic rings. The highest BCUT2D eigenvalue weighted by Crippen LogP contribution is 2.41. The smallest absolute Gasteiger partial charge is 0.233 e. The highest BCUT2D eigenvalue weighted by Gasteiger charge is 2.49. The molecule has 0 aromatic heterocycles. The van der Waals surface area contributed by atoms with Gasteiger partial charge in [0.25, 0.3) is 0 Å². The molecule has 0 unspecified atom stereocenters. The Kier molecular flexibility index (Phi) is 4.52. The maximum Gasteiger partial charge on any atom is 0.233 e. The minimum absolute atomic E-state index is 0.256. The van der Waals surface area contributed by atoms with E-state index in [9.17, 15) is 4.79 Å². The third kappa shape index (κ3) is 3.21. The summed E-state index contributed by atoms with van der Waals surface area (Å²) in [6.07, 6.45) is 6.46. The summed E-state index contributed by atoms with van der Waals surface area (Å²) in [5, 5.41) is 0. The summed E-state index contributed by atoms with van der Waals surface area (Å²) in [5.74, 6) is 1.64. The van der Waals surface area contributed by atoms with E-state index in [1.54, 1.807) is 0 Å². The van der Waals surface area contributed by atoms with Crippen LogP contribution in [0.4, 0.5) is 0 Å². The number of likely N-dealkylation sites (tertiary alicyclic amines) is 1. The number of ether oxygens (including phenoxy) is 1. The molecule has 0 spiro atoms. The van der Waals surface area contributed by atoms with Crippen molar-refractivity contribution >= 4 is 5.91 Å². The van der Waals surface area contributed by atoms with E-state index in [2.05, 4.69) is 47.1 Å². The quantitative estimate of drug-likeness (QED) is 0.822. The summed E-state index contributed by atoms with van der Waals surface area (Å²) in [6.45, 7) is 6.37. The number of nitrogens with zero attached hydrogens (tertiary/aromatic N) is 2. The lowest BCUT2D eigenvalue weighted by molar-refractivity contribution is -0.174. The lowest BCUT2D eigenvalue weighted by Gasteiger charge is -2.56. The van der Waals surface area contributed by atoms with Gasteiger partial charge in [0.05, 0.1) is 18.6 Å². The Hall–Kier alpha value is -1.39. The van der Waals surface area contributed by atoms with Crippen LogP contribution in [-0.4, -0.2) is 60.6 Å². The first kappa shape index (κ1) is 17.7. The summed E-state index contributed by atoms with van der Waals surface area (Å²) in [5.41, 5.74) is 1.21. The van der Waals surface area contributed by atoms with Gasteiger partial charge in [-0.05, 0) is 50.0 Å². The van der Waals surface area contributed by atoms with Crippen molar-refractivity contribution in [2.24, 2.45) is 17.3 Å². The second kappa shape index (κ2) is 6.89. The van der Waals surface area contributed by atoms with E-state index in [1.165, 1.54) is 44.2 Å². The average molecular weight is 369 g/mol. The normalized spacial score (nSPS) is 35.2. The third-order valence-electron chi connectivity index (χ3n) is 7.47. The summed E-state index contributed by atoms with van der Waals surface area (Å²) < 4.78 is 5.34. The molecule has 4 nitrogen and oxygen atoms in total. The predicted octanol–water partition coefficient (Wildman–Crippen LogP) is 2.97. The van der Waals surface area contributed by atoms with E-state index in [-0.39, 0.29) is 5.41 Å². The van der Waals surface area contributed by atoms with Crippen molar-refractivity contribution in [2.45, 2.75) is 51.1 Å². The maximum atomic E-state index is 13.0. The van der Waals surface area contributed by atoms with Crippen LogP contribution < -0.4 is 0 Å². The zero-order chi connectivity index (χ0) is 18.4. The molecular formula is C23H32N2O2. The fourth-order valence-electron chi connectivity index (χ4n) is 6.10. The van der Waals surface area contributed by atoms with Crippen LogP contribution in [0.15, 0.2) is 30.3 Å². The molecule has 5 rings (SSSR count). The zero-order valence-electron chi connectivity index (χ0n) is 16.5. The Morgan fingerprint density at radius 3 is 2.70 bits per heavy atom. The topological polar surface area (TPSA) is 32.8 Å². The molecule has 4 saturated heterocycles. The maximum absolute atomic E-state index is 13.0. The van der Waals surface area contributed by atoms with Crippen LogP contribution in [0.25, 0.3) is 0 Å². The summed E-state index contributed by atoms with van der Waals surface area (Å²) >= 11 is 0. The Morgan fingerprint density at radius 2 is 1.96 bits per heavy atom. The molecule has 1 amide bonds. The molecule has 0 N–H and O–H groups in total. The van der Waals surface area contributed by atoms with Crippen LogP contribution in [-0.2, 0) is 16.0 Å². The number of carbonyl (C=O) groups is 1. The molecule has 4 heteroatoms. The molecule has 4 aliphatic heterocycles. The van der Waals surface area contributed by atoms with Crippen molar-refractivity contribution in [3.8, 4) is 0 Å². The van der Waals surface area contributed by atoms with Crippen LogP contribution in [0.2, 0.25) is 0 Å². The van der Waals surface area contributed by atoms with Crippen LogP contribution in [0, 0.1) is 17.3 Å². The van der Waals surface area contributed by atoms with Gasteiger partial charge in [-0.15, -0.1) is 0 Å². The van der Waals surface area contributed by atoms with Gasteiger partial charge in [-0.1, -0.05) is 36.8 Å². The first-order valence-corrected chi connectivity index (χ1v) is 10.8. The van der Waals surface area contributed by atoms with Crippen LogP contribution in [0.3, 0.4) is 0 Å². The monoisotopic (exact) mass is 368 g/mol. The van der Waals surface area contributed by atoms with E-state index < -0.39 is 0 Å². The van der Waals surface area contributed by atoms with Crippen LogP contribution in [0.1, 0.15) is 38.2 Å². The van der Waals surface area contributed by atoms with E-state index in [1.807, 2.05) is 0 Å². The lowest BCUT2D eigenvalue weighted by atomic mass is 9.73. The van der Waals surface area contributed by atoms with Gasteiger partial charge in [-0.25, -0.2) is 0 Å². The van der Waals surface area contributed by atoms with Crippen molar-refractivity contribution < 1.29 is 9.53 Å². The average Bonchev–Trinajstić information content (AvgIpc) is 2.67. The lowest BCUT2D eigenvalue weighted by Crippen LogP contribution is -2.64. The molecule has 4 aliphatic rings. The number of carbonyl (C=O) groups excluding carboxylic acids is 1. The zero-order valence-corrected chi connectivity index (χ0v) is 16.5. The minimum Gasteiger partial charge on any atom is -0.379 e. The van der Waals surface area contributed by atoms with E-state index in [0.717, 1.165) is 13.1 Å². The number of amides is 1. The van der Waals surface area contributed by atoms with Crippen molar-refractivity contribution in [3.05, 3.63) is 35.9 Å². The Labute approximate surface area is 162 Å². The number of hydrogen-bond acceptors (Lipinski definition) is 3. The molecule has 4 fully saturated rings. The van der Waals surface area contributed by atoms with Gasteiger partial charge < -0.3 is 9.64 Å². The highest BCUT2D eigenvalue weighted by molar-refractivity contribution is 5.83. The van der Waals surface area contributed by atoms with E-state index in [0.29, 0.717) is 43.0 Å². The van der Waals surface area contributed by atoms with Crippen LogP contribution in [0.5, 0.6) is 0 Å². The number of fused-ring (bicyclic) bond motifs is 4. The molecule has 4 atom stereocenters. The predicted molar refractivity (Wildman–Crippen MR) is 105 cm³/mol. The van der Waals surface area contributed by atoms with Gasteiger partial charge in [-0.2, -0.15) is 0 Å². The second-order valence-electron chi connectivity index (χ2n) is 9.66. The first-order chi connectivity index (χ1) is 13.1. The summed E-state index contributed by atoms with van der Waals surface area (Å²) in [6, 6.07) is 12.3. The highest BCUT2D eigenvalue weighted by atomic mass is 16.5. The molecule has 146 valence electrons. The number of rotatable bonds is 3. The Bertz CT molecular complexity index is 687. The van der Waals surface area contributed by atoms with E-state index in [4.69, 9.17) is 4.74 Å². The van der Waals surface area contributed by atoms with Gasteiger partial charge in [0.15, 0.2) is 0 Å². The van der Waals surface area contributed by atoms with Crippen molar-refractivity contribution in [2.75, 3.05) is 32.8 Å². The van der Waals surface area contributed by atoms with E-state index >= 15 is 0 Å². The van der Waals surface area contributed by atoms with Gasteiger partial charge in [-0.3, -0.25) is 9.69 Å². The molecule has 0 saturated carbocycles. The Balaban J connectivity index is 1.30. The van der Waals surface area contributed by atoms with Crippen molar-refractivity contribution in [1.82, 2.24) is 9.80 Å². The summed E-state index contributed by atoms with van der Waals surface area (Å²) in [4.78, 5) is 18.1. The second-order valence-corrected chi connectivity index (χ2v) is 9.66. The molecule has 2 bridgehead atoms. The molecule has 4 heterocycles. The first-order valence-electron chi connectivity index (χ1n) is 10.8. The largest absolute Gasteiger partial charge is 0.379 e. The number of piperidine rings is 3. The standard InChI is InChI=1S/C23H32N2O2/c1-23(15-27-16-23)22(26)24-12-18-10-19(14-24)21-9-5-8-20(25(21)13-18)11-17-6-3-2-4-7-17/h2-4,6-7,18-21H,5,8-16H2,1H3/t18-,19+,20+,21-/m0/s1. The van der Waals surface area contributed by atoms with Gasteiger partial charge in [0.2, 0.25) is 5.91 Å². The van der Waals surface area contributed by atoms with Crippen molar-refractivity contribution in [1.29, 1.82) is 0 Å². The fourth-order valence-corrected chi connectivity index (χ4v) is 6.10. The van der Waals surface area contributed by atoms with Gasteiger partial charge in [0, 0.05) is 31.7 Å². The summed E-state index contributed by atoms with van der Waals surface area (Å²) in [7, 11) is 0. The fraction of sp³-hybridized carbons (Fsp3) is 0.696. The Morgan fingerprint density at radius 1 is 1.15 bits per heavy atom. The SMILES string of the molecule is CC1(C(=O)N2C[C@@H]3C[C@H](C2)[C@@H]2CCC[C@H](Cc4ccccc4)N2C3)COC1. The molecular weight excluding hydrogens is 336 g/mol. The minimum atomic E-state index is -0.256. The molecule has 0 aliphatic carbocycles. The van der Waals surface area contributed by atoms with Crippen molar-refractivity contribution in [3.63, 3.8) is 0 Å². The molecule has 1 aromatic carbocycles. The molecule has 27 heavy (non-hydrogen) atoms. The van der Waals surface area contributed by atoms with Crippen LogP contribution >= 0.6 is 0 Å². The molecule has 0 radical (unpaired) electrons. The number of benzene rings is 1. The number of hydrogen-bond donors (Lipinski definition) is 0.